The van der Waals surface area contributed by atoms with E-state index < -0.39 is 4.92 Å². The molecule has 0 aliphatic heterocycles. The predicted molar refractivity (Wildman–Crippen MR) is 130 cm³/mol. The molecule has 4 fully saturated rings. The minimum Gasteiger partial charge on any atom is -0.309 e. The number of hydrogen-bond acceptors (Lipinski definition) is 5. The number of carbonyl (C=O) groups excluding carboxylic acids is 1. The molecular formula is C25H27ClN6O3. The fraction of sp³-hybridized carbons (Fsp3) is 0.480. The molecule has 35 heavy (non-hydrogen) atoms. The molecule has 1 amide bonds. The van der Waals surface area contributed by atoms with Crippen molar-refractivity contribution < 1.29 is 9.72 Å². The van der Waals surface area contributed by atoms with Gasteiger partial charge in [0.05, 0.1) is 17.0 Å². The highest BCUT2D eigenvalue weighted by molar-refractivity contribution is 6.30. The number of carbonyl (C=O) groups is 1. The molecule has 4 aliphatic rings. The lowest BCUT2D eigenvalue weighted by Crippen LogP contribution is -2.57. The average molecular weight is 495 g/mol. The van der Waals surface area contributed by atoms with Crippen molar-refractivity contribution in [2.24, 2.45) is 17.3 Å². The van der Waals surface area contributed by atoms with Crippen molar-refractivity contribution in [1.29, 1.82) is 0 Å². The number of rotatable bonds is 7. The summed E-state index contributed by atoms with van der Waals surface area (Å²) in [6.07, 6.45) is 11.3. The molecular weight excluding hydrogens is 468 g/mol. The molecule has 0 radical (unpaired) electrons. The third kappa shape index (κ3) is 4.22. The molecule has 1 aromatic carbocycles. The molecule has 4 aliphatic carbocycles. The van der Waals surface area contributed by atoms with Gasteiger partial charge in [0.25, 0.3) is 0 Å². The standard InChI is InChI=1S/C25H27ClN6O3/c26-20-3-1-2-17(7-20)14-30-5-4-22(29-30)28-23(33)12-24-8-18-6-19(9-24)11-25(10-18,16-24)31-15-21(13-27-31)32(34)35/h1-5,7,13,15,18-19H,6,8-12,14,16H2,(H,28,29,33). The van der Waals surface area contributed by atoms with Crippen LogP contribution in [0.4, 0.5) is 11.5 Å². The molecule has 4 saturated carbocycles. The number of nitrogens with one attached hydrogen (secondary N) is 1. The molecule has 2 unspecified atom stereocenters. The Balaban J connectivity index is 1.15. The third-order valence-corrected chi connectivity index (χ3v) is 8.33. The smallest absolute Gasteiger partial charge is 0.307 e. The lowest BCUT2D eigenvalue weighted by molar-refractivity contribution is -0.385. The highest BCUT2D eigenvalue weighted by Gasteiger charge is 2.59. The van der Waals surface area contributed by atoms with Gasteiger partial charge in [0, 0.05) is 23.7 Å². The number of benzene rings is 1. The average Bonchev–Trinajstić information content (AvgIpc) is 3.43. The molecule has 10 heteroatoms. The van der Waals surface area contributed by atoms with E-state index >= 15 is 0 Å². The highest BCUT2D eigenvalue weighted by Crippen LogP contribution is 2.65. The minimum absolute atomic E-state index is 0.0263. The van der Waals surface area contributed by atoms with Gasteiger partial charge in [-0.2, -0.15) is 10.2 Å². The number of nitrogens with zero attached hydrogens (tertiary/aromatic N) is 5. The van der Waals surface area contributed by atoms with E-state index in [1.807, 2.05) is 41.2 Å². The SMILES string of the molecule is O=C(CC12CC3CC(C1)CC(n1cc([N+](=O)[O-])cn1)(C3)C2)Nc1ccn(Cc2cccc(Cl)c2)n1. The molecule has 0 saturated heterocycles. The molecule has 1 N–H and O–H groups in total. The second-order valence-corrected chi connectivity index (χ2v) is 11.3. The largest absolute Gasteiger partial charge is 0.309 e. The lowest BCUT2D eigenvalue weighted by atomic mass is 9.46. The fourth-order valence-corrected chi connectivity index (χ4v) is 7.62. The molecule has 2 heterocycles. The Kier molecular flexibility index (Phi) is 5.21. The van der Waals surface area contributed by atoms with Crippen molar-refractivity contribution in [1.82, 2.24) is 19.6 Å². The minimum atomic E-state index is -0.390. The highest BCUT2D eigenvalue weighted by atomic mass is 35.5. The monoisotopic (exact) mass is 494 g/mol. The summed E-state index contributed by atoms with van der Waals surface area (Å²) in [5.74, 6) is 1.58. The van der Waals surface area contributed by atoms with Crippen molar-refractivity contribution >= 4 is 29.0 Å². The Morgan fingerprint density at radius 2 is 2.03 bits per heavy atom. The normalized spacial score (nSPS) is 28.8. The van der Waals surface area contributed by atoms with Gasteiger partial charge in [-0.15, -0.1) is 0 Å². The zero-order chi connectivity index (χ0) is 24.2. The maximum atomic E-state index is 13.2. The molecule has 4 bridgehead atoms. The summed E-state index contributed by atoms with van der Waals surface area (Å²) in [7, 11) is 0. The number of hydrogen-bond donors (Lipinski definition) is 1. The summed E-state index contributed by atoms with van der Waals surface area (Å²) < 4.78 is 3.62. The summed E-state index contributed by atoms with van der Waals surface area (Å²) in [4.78, 5) is 24.0. The summed E-state index contributed by atoms with van der Waals surface area (Å²) >= 11 is 6.07. The van der Waals surface area contributed by atoms with Crippen molar-refractivity contribution in [2.75, 3.05) is 5.32 Å². The predicted octanol–water partition coefficient (Wildman–Crippen LogP) is 5.01. The quantitative estimate of drug-likeness (QED) is 0.366. The summed E-state index contributed by atoms with van der Waals surface area (Å²) in [6, 6.07) is 9.44. The van der Waals surface area contributed by atoms with Crippen LogP contribution in [0.25, 0.3) is 0 Å². The molecule has 3 aromatic rings. The molecule has 0 spiro atoms. The van der Waals surface area contributed by atoms with E-state index in [4.69, 9.17) is 11.6 Å². The lowest BCUT2D eigenvalue weighted by Gasteiger charge is -2.61. The number of anilines is 1. The number of amides is 1. The van der Waals surface area contributed by atoms with Gasteiger partial charge in [-0.05, 0) is 73.5 Å². The first-order valence-corrected chi connectivity index (χ1v) is 12.5. The fourth-order valence-electron chi connectivity index (χ4n) is 7.41. The third-order valence-electron chi connectivity index (χ3n) is 8.09. The van der Waals surface area contributed by atoms with Crippen LogP contribution in [0.15, 0.2) is 48.9 Å². The van der Waals surface area contributed by atoms with E-state index in [-0.39, 0.29) is 22.5 Å². The molecule has 2 aromatic heterocycles. The second-order valence-electron chi connectivity index (χ2n) is 10.8. The Morgan fingerprint density at radius 1 is 1.23 bits per heavy atom. The van der Waals surface area contributed by atoms with Crippen LogP contribution in [-0.4, -0.2) is 30.4 Å². The van der Waals surface area contributed by atoms with Crippen LogP contribution in [0, 0.1) is 27.4 Å². The van der Waals surface area contributed by atoms with Crippen LogP contribution in [0.5, 0.6) is 0 Å². The van der Waals surface area contributed by atoms with Gasteiger partial charge in [0.15, 0.2) is 5.82 Å². The van der Waals surface area contributed by atoms with Gasteiger partial charge in [0.2, 0.25) is 5.91 Å². The topological polar surface area (TPSA) is 108 Å². The Bertz CT molecular complexity index is 1290. The Labute approximate surface area is 207 Å². The number of halogens is 1. The van der Waals surface area contributed by atoms with Gasteiger partial charge < -0.3 is 5.32 Å². The summed E-state index contributed by atoms with van der Waals surface area (Å²) in [5.41, 5.74) is 0.743. The van der Waals surface area contributed by atoms with Crippen LogP contribution < -0.4 is 5.32 Å². The number of nitro groups is 1. The van der Waals surface area contributed by atoms with Crippen molar-refractivity contribution in [3.05, 3.63) is 69.6 Å². The number of aromatic nitrogens is 4. The summed E-state index contributed by atoms with van der Waals surface area (Å²) in [5, 5.41) is 23.8. The molecule has 182 valence electrons. The molecule has 9 nitrogen and oxygen atoms in total. The van der Waals surface area contributed by atoms with E-state index in [2.05, 4.69) is 15.5 Å². The maximum Gasteiger partial charge on any atom is 0.307 e. The van der Waals surface area contributed by atoms with Gasteiger partial charge in [0.1, 0.15) is 12.4 Å². The van der Waals surface area contributed by atoms with E-state index in [9.17, 15) is 14.9 Å². The molecule has 2 atom stereocenters. The Morgan fingerprint density at radius 3 is 2.74 bits per heavy atom. The van der Waals surface area contributed by atoms with E-state index in [1.165, 1.54) is 12.6 Å². The van der Waals surface area contributed by atoms with Gasteiger partial charge in [-0.3, -0.25) is 24.3 Å². The van der Waals surface area contributed by atoms with Crippen LogP contribution in [0.1, 0.15) is 50.5 Å². The zero-order valence-corrected chi connectivity index (χ0v) is 20.0. The van der Waals surface area contributed by atoms with Crippen LogP contribution in [0.2, 0.25) is 5.02 Å². The van der Waals surface area contributed by atoms with E-state index in [0.29, 0.717) is 35.6 Å². The molecule has 7 rings (SSSR count). The van der Waals surface area contributed by atoms with Crippen LogP contribution in [0.3, 0.4) is 0 Å². The van der Waals surface area contributed by atoms with E-state index in [1.54, 1.807) is 10.9 Å². The van der Waals surface area contributed by atoms with Gasteiger partial charge in [-0.25, -0.2) is 0 Å². The van der Waals surface area contributed by atoms with Crippen LogP contribution >= 0.6 is 11.6 Å². The van der Waals surface area contributed by atoms with Crippen molar-refractivity contribution in [2.45, 2.75) is 57.0 Å². The van der Waals surface area contributed by atoms with Gasteiger partial charge >= 0.3 is 5.69 Å². The van der Waals surface area contributed by atoms with Crippen molar-refractivity contribution in [3.63, 3.8) is 0 Å². The van der Waals surface area contributed by atoms with E-state index in [0.717, 1.165) is 37.7 Å². The first-order valence-electron chi connectivity index (χ1n) is 12.1. The second kappa shape index (κ2) is 8.19. The zero-order valence-electron chi connectivity index (χ0n) is 19.3. The Hall–Kier alpha value is -3.20. The maximum absolute atomic E-state index is 13.2. The van der Waals surface area contributed by atoms with Gasteiger partial charge in [-0.1, -0.05) is 23.7 Å². The van der Waals surface area contributed by atoms with Crippen molar-refractivity contribution in [3.8, 4) is 0 Å². The first kappa shape index (κ1) is 22.3. The summed E-state index contributed by atoms with van der Waals surface area (Å²) in [6.45, 7) is 0.572. The van der Waals surface area contributed by atoms with Crippen LogP contribution in [-0.2, 0) is 16.9 Å². The first-order chi connectivity index (χ1) is 16.8.